The van der Waals surface area contributed by atoms with Crippen LogP contribution in [0.3, 0.4) is 0 Å². The van der Waals surface area contributed by atoms with E-state index in [9.17, 15) is 9.59 Å². The number of primary amides is 1. The first-order valence-corrected chi connectivity index (χ1v) is 11.2. The molecule has 1 aromatic heterocycles. The number of thioether (sulfide) groups is 1. The highest BCUT2D eigenvalue weighted by Crippen LogP contribution is 2.29. The number of halogens is 1. The molecule has 1 atom stereocenters. The van der Waals surface area contributed by atoms with Crippen LogP contribution < -0.4 is 15.8 Å². The van der Waals surface area contributed by atoms with E-state index in [1.807, 2.05) is 40.0 Å². The smallest absolute Gasteiger partial charge is 0.250 e. The molecule has 3 N–H and O–H groups in total. The summed E-state index contributed by atoms with van der Waals surface area (Å²) in [6.45, 7) is 5.73. The van der Waals surface area contributed by atoms with Crippen LogP contribution >= 0.6 is 23.4 Å². The molecule has 168 valence electrons. The summed E-state index contributed by atoms with van der Waals surface area (Å²) in [5.74, 6) is 0.513. The second-order valence-electron chi connectivity index (χ2n) is 7.28. The van der Waals surface area contributed by atoms with E-state index in [1.54, 1.807) is 28.8 Å². The van der Waals surface area contributed by atoms with Gasteiger partial charge in [0, 0.05) is 12.1 Å². The van der Waals surface area contributed by atoms with Gasteiger partial charge in [0.15, 0.2) is 17.1 Å². The van der Waals surface area contributed by atoms with Gasteiger partial charge in [0.2, 0.25) is 5.91 Å². The minimum Gasteiger partial charge on any atom is -0.483 e. The Labute approximate surface area is 195 Å². The minimum atomic E-state index is -0.605. The number of anilines is 1. The predicted molar refractivity (Wildman–Crippen MR) is 125 cm³/mol. The van der Waals surface area contributed by atoms with Crippen molar-refractivity contribution >= 4 is 40.9 Å². The van der Waals surface area contributed by atoms with Crippen molar-refractivity contribution in [2.75, 3.05) is 11.1 Å². The number of ether oxygens (including phenoxy) is 1. The number of nitrogens with zero attached hydrogens (tertiary/aromatic N) is 3. The zero-order valence-corrected chi connectivity index (χ0v) is 19.8. The molecule has 0 saturated carbocycles. The van der Waals surface area contributed by atoms with Crippen LogP contribution in [0.1, 0.15) is 40.3 Å². The van der Waals surface area contributed by atoms with Crippen LogP contribution in [0.2, 0.25) is 5.02 Å². The van der Waals surface area contributed by atoms with Gasteiger partial charge < -0.3 is 20.4 Å². The minimum absolute atomic E-state index is 0.0872. The molecule has 0 radical (unpaired) electrons. The molecule has 10 heteroatoms. The first-order valence-electron chi connectivity index (χ1n) is 9.81. The fourth-order valence-corrected chi connectivity index (χ4v) is 3.99. The Kier molecular flexibility index (Phi) is 7.42. The van der Waals surface area contributed by atoms with E-state index in [0.717, 1.165) is 16.1 Å². The maximum Gasteiger partial charge on any atom is 0.250 e. The van der Waals surface area contributed by atoms with Crippen LogP contribution in [0, 0.1) is 13.8 Å². The molecule has 0 bridgehead atoms. The van der Waals surface area contributed by atoms with Crippen LogP contribution in [0.25, 0.3) is 0 Å². The second kappa shape index (κ2) is 10.1. The van der Waals surface area contributed by atoms with Gasteiger partial charge in [-0.05, 0) is 56.2 Å². The number of aryl methyl sites for hydroxylation is 2. The molecular weight excluding hydrogens is 450 g/mol. The molecule has 3 rings (SSSR count). The van der Waals surface area contributed by atoms with Crippen LogP contribution in [-0.4, -0.2) is 32.3 Å². The number of para-hydroxylation sites is 1. The molecule has 0 fully saturated rings. The van der Waals surface area contributed by atoms with Crippen molar-refractivity contribution in [2.45, 2.75) is 32.0 Å². The molecule has 1 heterocycles. The zero-order valence-electron chi connectivity index (χ0n) is 18.2. The number of nitrogens with two attached hydrogens (primary N) is 1. The van der Waals surface area contributed by atoms with Crippen molar-refractivity contribution in [1.82, 2.24) is 14.8 Å². The molecule has 32 heavy (non-hydrogen) atoms. The van der Waals surface area contributed by atoms with E-state index < -0.39 is 5.91 Å². The number of nitrogens with one attached hydrogen (secondary N) is 1. The summed E-state index contributed by atoms with van der Waals surface area (Å²) in [6.07, 6.45) is -0.363. The third-order valence-corrected chi connectivity index (χ3v) is 6.37. The number of carbonyl (C=O) groups is 2. The predicted octanol–water partition coefficient (Wildman–Crippen LogP) is 4.06. The van der Waals surface area contributed by atoms with Crippen LogP contribution in [-0.2, 0) is 11.8 Å². The van der Waals surface area contributed by atoms with Gasteiger partial charge in [0.05, 0.1) is 17.0 Å². The van der Waals surface area contributed by atoms with Crippen molar-refractivity contribution in [1.29, 1.82) is 0 Å². The summed E-state index contributed by atoms with van der Waals surface area (Å²) in [5.41, 5.74) is 7.85. The molecule has 2 amide bonds. The molecule has 8 nitrogen and oxygen atoms in total. The summed E-state index contributed by atoms with van der Waals surface area (Å²) >= 11 is 7.46. The summed E-state index contributed by atoms with van der Waals surface area (Å²) in [7, 11) is 1.82. The van der Waals surface area contributed by atoms with E-state index in [-0.39, 0.29) is 23.3 Å². The number of hydrogen-bond donors (Lipinski definition) is 2. The number of benzene rings is 2. The third kappa shape index (κ3) is 5.41. The summed E-state index contributed by atoms with van der Waals surface area (Å²) < 4.78 is 7.82. The summed E-state index contributed by atoms with van der Waals surface area (Å²) in [4.78, 5) is 23.9. The maximum atomic E-state index is 12.4. The maximum absolute atomic E-state index is 12.4. The number of rotatable bonds is 8. The van der Waals surface area contributed by atoms with Gasteiger partial charge >= 0.3 is 0 Å². The molecule has 0 aliphatic carbocycles. The molecular formula is C22H24ClN5O3S. The highest BCUT2D eigenvalue weighted by atomic mass is 35.5. The SMILES string of the molecule is Cc1cc(OC(C)c2nnc(SCC(=O)Nc3ccccc3C(N)=O)n2C)cc(C)c1Cl. The lowest BCUT2D eigenvalue weighted by Gasteiger charge is -2.16. The number of carbonyl (C=O) groups excluding carboxylic acids is 2. The Hall–Kier alpha value is -3.04. The molecule has 1 unspecified atom stereocenters. The van der Waals surface area contributed by atoms with E-state index in [0.29, 0.717) is 22.4 Å². The van der Waals surface area contributed by atoms with Gasteiger partial charge in [0.1, 0.15) is 5.75 Å². The van der Waals surface area contributed by atoms with Crippen molar-refractivity contribution in [3.8, 4) is 5.75 Å². The van der Waals surface area contributed by atoms with Gasteiger partial charge in [-0.25, -0.2) is 0 Å². The van der Waals surface area contributed by atoms with Crippen LogP contribution in [0.5, 0.6) is 5.75 Å². The van der Waals surface area contributed by atoms with Crippen molar-refractivity contribution < 1.29 is 14.3 Å². The average molecular weight is 474 g/mol. The van der Waals surface area contributed by atoms with Crippen molar-refractivity contribution in [2.24, 2.45) is 12.8 Å². The lowest BCUT2D eigenvalue weighted by molar-refractivity contribution is -0.113. The molecule has 0 saturated heterocycles. The summed E-state index contributed by atoms with van der Waals surface area (Å²) in [6, 6.07) is 10.3. The Morgan fingerprint density at radius 3 is 2.53 bits per heavy atom. The highest BCUT2D eigenvalue weighted by Gasteiger charge is 2.19. The van der Waals surface area contributed by atoms with E-state index in [2.05, 4.69) is 15.5 Å². The van der Waals surface area contributed by atoms with Gasteiger partial charge in [-0.3, -0.25) is 9.59 Å². The fraction of sp³-hybridized carbons (Fsp3) is 0.273. The normalized spacial score (nSPS) is 11.8. The first-order chi connectivity index (χ1) is 15.2. The van der Waals surface area contributed by atoms with Gasteiger partial charge in [-0.1, -0.05) is 35.5 Å². The molecule has 2 aromatic carbocycles. The Morgan fingerprint density at radius 2 is 1.88 bits per heavy atom. The van der Waals surface area contributed by atoms with Gasteiger partial charge in [-0.15, -0.1) is 10.2 Å². The van der Waals surface area contributed by atoms with Crippen molar-refractivity contribution in [3.63, 3.8) is 0 Å². The number of aromatic nitrogens is 3. The Balaban J connectivity index is 1.63. The highest BCUT2D eigenvalue weighted by molar-refractivity contribution is 7.99. The molecule has 3 aromatic rings. The van der Waals surface area contributed by atoms with E-state index in [1.165, 1.54) is 11.8 Å². The lowest BCUT2D eigenvalue weighted by atomic mass is 10.1. The zero-order chi connectivity index (χ0) is 23.4. The quantitative estimate of drug-likeness (QED) is 0.477. The monoisotopic (exact) mass is 473 g/mol. The summed E-state index contributed by atoms with van der Waals surface area (Å²) in [5, 5.41) is 12.4. The molecule has 0 aliphatic heterocycles. The molecule has 0 spiro atoms. The third-order valence-electron chi connectivity index (χ3n) is 4.75. The standard InChI is InChI=1S/C22H24ClN5O3S/c1-12-9-15(10-13(2)19(12)23)31-14(3)21-26-27-22(28(21)4)32-11-18(29)25-17-8-6-5-7-16(17)20(24)30/h5-10,14H,11H2,1-4H3,(H2,24,30)(H,25,29). The van der Waals surface area contributed by atoms with Gasteiger partial charge in [-0.2, -0.15) is 0 Å². The van der Waals surface area contributed by atoms with E-state index in [4.69, 9.17) is 22.1 Å². The second-order valence-corrected chi connectivity index (χ2v) is 8.60. The molecule has 0 aliphatic rings. The van der Waals surface area contributed by atoms with Crippen LogP contribution in [0.4, 0.5) is 5.69 Å². The largest absolute Gasteiger partial charge is 0.483 e. The Bertz CT molecular complexity index is 1140. The van der Waals surface area contributed by atoms with Gasteiger partial charge in [0.25, 0.3) is 5.91 Å². The average Bonchev–Trinajstić information content (AvgIpc) is 3.11. The lowest BCUT2D eigenvalue weighted by Crippen LogP contribution is -2.19. The first kappa shape index (κ1) is 23.6. The topological polar surface area (TPSA) is 112 Å². The van der Waals surface area contributed by atoms with Crippen molar-refractivity contribution in [3.05, 3.63) is 63.9 Å². The number of amides is 2. The number of hydrogen-bond acceptors (Lipinski definition) is 6. The van der Waals surface area contributed by atoms with Crippen LogP contribution in [0.15, 0.2) is 41.6 Å². The van der Waals surface area contributed by atoms with E-state index >= 15 is 0 Å². The Morgan fingerprint density at radius 1 is 1.22 bits per heavy atom. The fourth-order valence-electron chi connectivity index (χ4n) is 3.16.